The second-order valence-electron chi connectivity index (χ2n) is 4.16. The third-order valence-corrected chi connectivity index (χ3v) is 4.12. The van der Waals surface area contributed by atoms with E-state index in [-0.39, 0.29) is 22.0 Å². The lowest BCUT2D eigenvalue weighted by Gasteiger charge is -2.36. The number of nitrogens with zero attached hydrogens (tertiary/aromatic N) is 2. The van der Waals surface area contributed by atoms with Gasteiger partial charge in [-0.05, 0) is 32.5 Å². The molecule has 1 saturated heterocycles. The molecule has 1 aliphatic rings. The van der Waals surface area contributed by atoms with Crippen molar-refractivity contribution in [3.63, 3.8) is 0 Å². The summed E-state index contributed by atoms with van der Waals surface area (Å²) in [4.78, 5) is 13.5. The summed E-state index contributed by atoms with van der Waals surface area (Å²) in [5, 5.41) is 10.8. The molecule has 16 heavy (non-hydrogen) atoms. The van der Waals surface area contributed by atoms with Crippen molar-refractivity contribution in [2.24, 2.45) is 5.73 Å². The molecule has 0 aromatic carbocycles. The number of rotatable bonds is 2. The van der Waals surface area contributed by atoms with Crippen LogP contribution in [-0.2, 0) is 0 Å². The molecule has 0 spiro atoms. The van der Waals surface area contributed by atoms with E-state index in [1.807, 2.05) is 13.1 Å². The van der Waals surface area contributed by atoms with Crippen LogP contribution in [0.25, 0.3) is 0 Å². The van der Waals surface area contributed by atoms with Gasteiger partial charge in [0.1, 0.15) is 0 Å². The average Bonchev–Trinajstić information content (AvgIpc) is 2.66. The molecule has 2 rings (SSSR count). The Morgan fingerprint density at radius 1 is 1.62 bits per heavy atom. The van der Waals surface area contributed by atoms with Gasteiger partial charge in [0.05, 0.1) is 11.0 Å². The normalized spacial score (nSPS) is 26.9. The van der Waals surface area contributed by atoms with Gasteiger partial charge in [0.2, 0.25) is 0 Å². The molecule has 1 fully saturated rings. The molecule has 1 aromatic rings. The summed E-state index contributed by atoms with van der Waals surface area (Å²) in [5.41, 5.74) is 6.08. The van der Waals surface area contributed by atoms with Crippen LogP contribution in [0.2, 0.25) is 0 Å². The van der Waals surface area contributed by atoms with Crippen molar-refractivity contribution in [2.75, 3.05) is 13.6 Å². The minimum Gasteiger partial charge on any atom is -0.326 e. The van der Waals surface area contributed by atoms with Gasteiger partial charge in [-0.3, -0.25) is 15.0 Å². The van der Waals surface area contributed by atoms with Crippen molar-refractivity contribution >= 4 is 16.3 Å². The van der Waals surface area contributed by atoms with Crippen LogP contribution in [0.4, 0.5) is 5.00 Å². The first-order valence-corrected chi connectivity index (χ1v) is 6.11. The lowest BCUT2D eigenvalue weighted by molar-refractivity contribution is -0.380. The van der Waals surface area contributed by atoms with Gasteiger partial charge in [-0.1, -0.05) is 11.3 Å². The van der Waals surface area contributed by atoms with E-state index in [2.05, 4.69) is 4.90 Å². The minimum absolute atomic E-state index is 0.0806. The maximum absolute atomic E-state index is 10.6. The summed E-state index contributed by atoms with van der Waals surface area (Å²) < 4.78 is 0. The van der Waals surface area contributed by atoms with E-state index in [1.54, 1.807) is 6.07 Å². The van der Waals surface area contributed by atoms with Crippen LogP contribution >= 0.6 is 11.3 Å². The van der Waals surface area contributed by atoms with Crippen LogP contribution in [-0.4, -0.2) is 29.5 Å². The predicted molar refractivity (Wildman–Crippen MR) is 63.6 cm³/mol. The Labute approximate surface area is 98.0 Å². The van der Waals surface area contributed by atoms with Gasteiger partial charge in [0.15, 0.2) is 0 Å². The Kier molecular flexibility index (Phi) is 3.22. The zero-order chi connectivity index (χ0) is 11.7. The summed E-state index contributed by atoms with van der Waals surface area (Å²) >= 11 is 1.23. The van der Waals surface area contributed by atoms with Crippen molar-refractivity contribution < 1.29 is 4.92 Å². The second kappa shape index (κ2) is 4.48. The maximum atomic E-state index is 10.6. The van der Waals surface area contributed by atoms with E-state index in [0.29, 0.717) is 0 Å². The first-order chi connectivity index (χ1) is 7.59. The quantitative estimate of drug-likeness (QED) is 0.632. The highest BCUT2D eigenvalue weighted by Crippen LogP contribution is 2.35. The molecule has 0 saturated carbocycles. The molecule has 88 valence electrons. The monoisotopic (exact) mass is 241 g/mol. The van der Waals surface area contributed by atoms with E-state index in [9.17, 15) is 10.1 Å². The molecule has 2 heterocycles. The lowest BCUT2D eigenvalue weighted by Crippen LogP contribution is -2.43. The largest absolute Gasteiger partial charge is 0.326 e. The molecule has 1 aliphatic heterocycles. The van der Waals surface area contributed by atoms with Gasteiger partial charge in [0.25, 0.3) is 0 Å². The third kappa shape index (κ3) is 2.09. The number of piperidine rings is 1. The molecular formula is C10H15N3O2S. The zero-order valence-electron chi connectivity index (χ0n) is 9.13. The topological polar surface area (TPSA) is 72.4 Å². The van der Waals surface area contributed by atoms with E-state index < -0.39 is 0 Å². The molecule has 0 radical (unpaired) electrons. The highest BCUT2D eigenvalue weighted by molar-refractivity contribution is 7.15. The van der Waals surface area contributed by atoms with Gasteiger partial charge in [-0.15, -0.1) is 0 Å². The summed E-state index contributed by atoms with van der Waals surface area (Å²) in [6, 6.07) is 3.61. The molecule has 0 amide bonds. The Balaban J connectivity index is 2.23. The minimum atomic E-state index is -0.345. The van der Waals surface area contributed by atoms with Gasteiger partial charge in [0, 0.05) is 17.0 Å². The van der Waals surface area contributed by atoms with Crippen LogP contribution in [0, 0.1) is 10.1 Å². The molecule has 2 N–H and O–H groups in total. The lowest BCUT2D eigenvalue weighted by atomic mass is 9.96. The van der Waals surface area contributed by atoms with Crippen LogP contribution in [0.5, 0.6) is 0 Å². The fourth-order valence-electron chi connectivity index (χ4n) is 2.23. The number of thiophene rings is 1. The van der Waals surface area contributed by atoms with Crippen LogP contribution in [0.3, 0.4) is 0 Å². The van der Waals surface area contributed by atoms with Crippen molar-refractivity contribution in [3.05, 3.63) is 27.1 Å². The Morgan fingerprint density at radius 3 is 2.94 bits per heavy atom. The molecule has 2 unspecified atom stereocenters. The van der Waals surface area contributed by atoms with Crippen LogP contribution in [0.15, 0.2) is 12.1 Å². The summed E-state index contributed by atoms with van der Waals surface area (Å²) in [7, 11) is 2.02. The number of nitro groups is 1. The SMILES string of the molecule is CN1CCCC(N)C1c1ccc([N+](=O)[O-])s1. The third-order valence-electron chi connectivity index (χ3n) is 3.01. The Hall–Kier alpha value is -0.980. The second-order valence-corrected chi connectivity index (χ2v) is 5.26. The van der Waals surface area contributed by atoms with E-state index >= 15 is 0 Å². The Morgan fingerprint density at radius 2 is 2.38 bits per heavy atom. The van der Waals surface area contributed by atoms with Gasteiger partial charge in [-0.25, -0.2) is 0 Å². The number of hydrogen-bond acceptors (Lipinski definition) is 5. The fourth-order valence-corrected chi connectivity index (χ4v) is 3.29. The van der Waals surface area contributed by atoms with Crippen LogP contribution < -0.4 is 5.73 Å². The van der Waals surface area contributed by atoms with E-state index in [0.717, 1.165) is 24.3 Å². The van der Waals surface area contributed by atoms with Crippen molar-refractivity contribution in [3.8, 4) is 0 Å². The number of nitrogens with two attached hydrogens (primary N) is 1. The van der Waals surface area contributed by atoms with Gasteiger partial charge >= 0.3 is 5.00 Å². The first-order valence-electron chi connectivity index (χ1n) is 5.29. The van der Waals surface area contributed by atoms with Crippen LogP contribution in [0.1, 0.15) is 23.8 Å². The van der Waals surface area contributed by atoms with Crippen molar-refractivity contribution in [2.45, 2.75) is 24.9 Å². The molecule has 6 heteroatoms. The van der Waals surface area contributed by atoms with E-state index in [4.69, 9.17) is 5.73 Å². The highest BCUT2D eigenvalue weighted by Gasteiger charge is 2.30. The molecule has 0 bridgehead atoms. The zero-order valence-corrected chi connectivity index (χ0v) is 9.94. The summed E-state index contributed by atoms with van der Waals surface area (Å²) in [6.45, 7) is 1.00. The molecular weight excluding hydrogens is 226 g/mol. The van der Waals surface area contributed by atoms with Gasteiger partial charge < -0.3 is 5.73 Å². The van der Waals surface area contributed by atoms with Crippen molar-refractivity contribution in [1.82, 2.24) is 4.90 Å². The molecule has 5 nitrogen and oxygen atoms in total. The number of likely N-dealkylation sites (N-methyl/N-ethyl adjacent to an activating group) is 1. The number of hydrogen-bond donors (Lipinski definition) is 1. The van der Waals surface area contributed by atoms with Crippen molar-refractivity contribution in [1.29, 1.82) is 0 Å². The predicted octanol–water partition coefficient (Wildman–Crippen LogP) is 1.75. The summed E-state index contributed by atoms with van der Waals surface area (Å²) in [6.07, 6.45) is 2.09. The van der Waals surface area contributed by atoms with Gasteiger partial charge in [-0.2, -0.15) is 0 Å². The molecule has 1 aromatic heterocycles. The highest BCUT2D eigenvalue weighted by atomic mass is 32.1. The Bertz CT molecular complexity index is 383. The smallest absolute Gasteiger partial charge is 0.324 e. The summed E-state index contributed by atoms with van der Waals surface area (Å²) in [5.74, 6) is 0. The molecule has 0 aliphatic carbocycles. The standard InChI is InChI=1S/C10H15N3O2S/c1-12-6-2-3-7(11)10(12)8-4-5-9(16-8)13(14)15/h4-5,7,10H,2-3,6,11H2,1H3. The average molecular weight is 241 g/mol. The van der Waals surface area contributed by atoms with E-state index in [1.165, 1.54) is 11.3 Å². The molecule has 2 atom stereocenters. The first kappa shape index (κ1) is 11.5. The number of likely N-dealkylation sites (tertiary alicyclic amines) is 1. The fraction of sp³-hybridized carbons (Fsp3) is 0.600. The maximum Gasteiger partial charge on any atom is 0.324 e.